The van der Waals surface area contributed by atoms with Crippen LogP contribution in [0.2, 0.25) is 26.5 Å². The van der Waals surface area contributed by atoms with Crippen molar-refractivity contribution in [2.24, 2.45) is 5.92 Å². The molecule has 39 heavy (non-hydrogen) atoms. The van der Waals surface area contributed by atoms with Crippen LogP contribution in [0.5, 0.6) is 0 Å². The molecule has 3 aliphatic carbocycles. The minimum absolute atomic E-state index is 0.798. The van der Waals surface area contributed by atoms with Crippen LogP contribution in [0.15, 0.2) is 38.6 Å². The maximum absolute atomic E-state index is 4.03. The fraction of sp³-hybridized carbons (Fsp3) is 0.811. The summed E-state index contributed by atoms with van der Waals surface area (Å²) in [6.07, 6.45) is 39.1. The second-order valence-electron chi connectivity index (χ2n) is 14.7. The van der Waals surface area contributed by atoms with Gasteiger partial charge in [0.2, 0.25) is 0 Å². The van der Waals surface area contributed by atoms with Gasteiger partial charge in [0, 0.05) is 0 Å². The van der Waals surface area contributed by atoms with Crippen molar-refractivity contribution in [1.82, 2.24) is 0 Å². The van der Waals surface area contributed by atoms with Gasteiger partial charge in [-0.2, -0.15) is 0 Å². The molecule has 0 aromatic carbocycles. The molecule has 3 rings (SSSR count). The predicted octanol–water partition coefficient (Wildman–Crippen LogP) is 12.9. The molecule has 2 heteroatoms. The van der Waals surface area contributed by atoms with Gasteiger partial charge in [-0.15, -0.1) is 0 Å². The van der Waals surface area contributed by atoms with E-state index in [2.05, 4.69) is 52.6 Å². The summed E-state index contributed by atoms with van der Waals surface area (Å²) in [6.45, 7) is 5.48. The summed E-state index contributed by atoms with van der Waals surface area (Å²) in [5, 5.41) is 0. The number of allylic oxidation sites excluding steroid dienone is 5. The van der Waals surface area contributed by atoms with Crippen LogP contribution in [-0.4, -0.2) is 25.1 Å². The summed E-state index contributed by atoms with van der Waals surface area (Å²) in [5.74, 6) is 2.76. The van der Waals surface area contributed by atoms with E-state index in [0.29, 0.717) is 0 Å². The van der Waals surface area contributed by atoms with Crippen molar-refractivity contribution >= 4 is 25.1 Å². The average Bonchev–Trinajstić information content (AvgIpc) is 2.95. The van der Waals surface area contributed by atoms with Gasteiger partial charge in [-0.25, -0.2) is 0 Å². The molecular weight excluding hydrogens is 574 g/mol. The van der Waals surface area contributed by atoms with Crippen LogP contribution in [0.3, 0.4) is 0 Å². The molecule has 0 aromatic heterocycles. The Balaban J connectivity index is 2.10. The SMILES string of the molecule is CCCCC(=C=C/[C](=C(\C=C\CC1CCCCC1)B(C1CCCCC1)C1CCCCC1)[Sn]([CH3])([CH3])[CH3])CCCC. The first-order valence-corrected chi connectivity index (χ1v) is 27.8. The second-order valence-corrected chi connectivity index (χ2v) is 29.1. The van der Waals surface area contributed by atoms with Crippen LogP contribution < -0.4 is 0 Å². The summed E-state index contributed by atoms with van der Waals surface area (Å²) >= 11 is -2.43. The Bertz CT molecular complexity index is 775. The van der Waals surface area contributed by atoms with E-state index in [4.69, 9.17) is 0 Å². The van der Waals surface area contributed by atoms with Gasteiger partial charge in [0.05, 0.1) is 0 Å². The third-order valence-electron chi connectivity index (χ3n) is 10.4. The van der Waals surface area contributed by atoms with Gasteiger partial charge in [-0.1, -0.05) is 0 Å². The molecule has 0 aliphatic heterocycles. The first kappa shape index (κ1) is 33.4. The zero-order valence-electron chi connectivity index (χ0n) is 27.1. The zero-order chi connectivity index (χ0) is 27.9. The summed E-state index contributed by atoms with van der Waals surface area (Å²) in [6, 6.07) is 0. The quantitative estimate of drug-likeness (QED) is 0.101. The van der Waals surface area contributed by atoms with Gasteiger partial charge in [0.15, 0.2) is 0 Å². The number of rotatable bonds is 14. The summed E-state index contributed by atoms with van der Waals surface area (Å²) in [7, 11) is 0. The van der Waals surface area contributed by atoms with Crippen molar-refractivity contribution < 1.29 is 0 Å². The zero-order valence-corrected chi connectivity index (χ0v) is 30.0. The maximum atomic E-state index is 4.03. The van der Waals surface area contributed by atoms with Gasteiger partial charge in [-0.05, 0) is 0 Å². The van der Waals surface area contributed by atoms with Crippen molar-refractivity contribution in [3.05, 3.63) is 38.6 Å². The molecule has 0 amide bonds. The van der Waals surface area contributed by atoms with Crippen LogP contribution in [0.4, 0.5) is 0 Å². The molecule has 0 bridgehead atoms. The molecule has 0 nitrogen and oxygen atoms in total. The molecule has 3 aliphatic rings. The predicted molar refractivity (Wildman–Crippen MR) is 181 cm³/mol. The van der Waals surface area contributed by atoms with Crippen molar-refractivity contribution in [1.29, 1.82) is 0 Å². The van der Waals surface area contributed by atoms with E-state index in [0.717, 1.165) is 24.3 Å². The summed E-state index contributed by atoms with van der Waals surface area (Å²) in [4.78, 5) is 8.06. The van der Waals surface area contributed by atoms with E-state index in [1.165, 1.54) is 141 Å². The number of hydrogen-bond acceptors (Lipinski definition) is 0. The fourth-order valence-electron chi connectivity index (χ4n) is 8.03. The first-order valence-electron chi connectivity index (χ1n) is 17.8. The Morgan fingerprint density at radius 3 is 1.67 bits per heavy atom. The molecule has 0 aromatic rings. The van der Waals surface area contributed by atoms with E-state index >= 15 is 0 Å². The molecule has 0 saturated heterocycles. The van der Waals surface area contributed by atoms with E-state index in [9.17, 15) is 0 Å². The minimum atomic E-state index is -2.43. The molecule has 3 saturated carbocycles. The van der Waals surface area contributed by atoms with Crippen LogP contribution in [0, 0.1) is 5.92 Å². The molecule has 3 fully saturated rings. The molecule has 0 spiro atoms. The topological polar surface area (TPSA) is 0 Å². The Kier molecular flexibility index (Phi) is 15.8. The Morgan fingerprint density at radius 2 is 1.21 bits per heavy atom. The van der Waals surface area contributed by atoms with Gasteiger partial charge in [0.25, 0.3) is 0 Å². The van der Waals surface area contributed by atoms with Crippen molar-refractivity contribution in [2.45, 2.75) is 182 Å². The van der Waals surface area contributed by atoms with Crippen molar-refractivity contribution in [3.8, 4) is 0 Å². The Hall–Kier alpha value is -0.136. The van der Waals surface area contributed by atoms with Gasteiger partial charge < -0.3 is 0 Å². The van der Waals surface area contributed by atoms with Crippen molar-refractivity contribution in [2.75, 3.05) is 0 Å². The van der Waals surface area contributed by atoms with E-state index < -0.39 is 18.4 Å². The molecule has 0 atom stereocenters. The average molecular weight is 639 g/mol. The van der Waals surface area contributed by atoms with Crippen LogP contribution in [-0.2, 0) is 0 Å². The number of unbranched alkanes of at least 4 members (excludes halogenated alkanes) is 2. The van der Waals surface area contributed by atoms with E-state index in [-0.39, 0.29) is 0 Å². The van der Waals surface area contributed by atoms with Gasteiger partial charge >= 0.3 is 251 Å². The molecular formula is C37H65BSn. The molecule has 0 N–H and O–H groups in total. The fourth-order valence-corrected chi connectivity index (χ4v) is 12.7. The van der Waals surface area contributed by atoms with E-state index in [1.807, 2.05) is 9.06 Å². The standard InChI is InChI=1S/C34H56B.3CH3.Sn/c1-3-5-18-30(19-6-4-2)22-16-28-34(29-17-23-31-20-10-7-11-21-31)35(32-24-12-8-13-25-32)33-26-14-9-15-27-33;;;;/h16-17,29,31-33H,3-15,18-21,23-27H2,1-2H3;3*1H3;/b29-17+,34-28?;;;;. The van der Waals surface area contributed by atoms with Crippen LogP contribution in [0.25, 0.3) is 0 Å². The normalized spacial score (nSPS) is 21.1. The molecule has 220 valence electrons. The summed E-state index contributed by atoms with van der Waals surface area (Å²) in [5.41, 5.74) is 7.46. The Labute approximate surface area is 250 Å². The monoisotopic (exact) mass is 640 g/mol. The third kappa shape index (κ3) is 11.6. The first-order chi connectivity index (χ1) is 18.9. The number of hydrogen-bond donors (Lipinski definition) is 0. The van der Waals surface area contributed by atoms with Gasteiger partial charge in [-0.3, -0.25) is 0 Å². The van der Waals surface area contributed by atoms with Crippen LogP contribution in [0.1, 0.15) is 155 Å². The van der Waals surface area contributed by atoms with Crippen molar-refractivity contribution in [3.63, 3.8) is 0 Å². The van der Waals surface area contributed by atoms with E-state index in [1.54, 1.807) is 5.57 Å². The molecule has 0 radical (unpaired) electrons. The Morgan fingerprint density at radius 1 is 0.718 bits per heavy atom. The second kappa shape index (κ2) is 18.4. The third-order valence-corrected chi connectivity index (χ3v) is 16.2. The van der Waals surface area contributed by atoms with Gasteiger partial charge in [0.1, 0.15) is 0 Å². The molecule has 0 unspecified atom stereocenters. The summed E-state index contributed by atoms with van der Waals surface area (Å²) < 4.78 is 1.82. The molecule has 0 heterocycles. The van der Waals surface area contributed by atoms with Crippen LogP contribution >= 0.6 is 0 Å².